The van der Waals surface area contributed by atoms with Crippen molar-refractivity contribution in [1.82, 2.24) is 10.2 Å². The molecule has 1 aromatic rings. The smallest absolute Gasteiger partial charge is 0.224 e. The number of hydrogen-bond donors (Lipinski definition) is 1. The SMILES string of the molecule is O=C(Cc1ccccc1Br)NC1CCN([C@@H]2CCS(=O)(=O)C2)CC1. The van der Waals surface area contributed by atoms with Gasteiger partial charge in [-0.3, -0.25) is 9.69 Å². The van der Waals surface area contributed by atoms with Crippen LogP contribution in [0, 0.1) is 0 Å². The van der Waals surface area contributed by atoms with E-state index in [4.69, 9.17) is 0 Å². The summed E-state index contributed by atoms with van der Waals surface area (Å²) in [6.45, 7) is 1.72. The Morgan fingerprint density at radius 3 is 2.54 bits per heavy atom. The van der Waals surface area contributed by atoms with Crippen molar-refractivity contribution in [1.29, 1.82) is 0 Å². The lowest BCUT2D eigenvalue weighted by molar-refractivity contribution is -0.121. The molecule has 0 aliphatic carbocycles. The van der Waals surface area contributed by atoms with Crippen LogP contribution in [0.1, 0.15) is 24.8 Å². The molecule has 132 valence electrons. The summed E-state index contributed by atoms with van der Waals surface area (Å²) in [4.78, 5) is 14.5. The van der Waals surface area contributed by atoms with Gasteiger partial charge < -0.3 is 5.32 Å². The lowest BCUT2D eigenvalue weighted by Crippen LogP contribution is -2.48. The second-order valence-corrected chi connectivity index (χ2v) is 9.79. The fourth-order valence-corrected chi connectivity index (χ4v) is 5.75. The quantitative estimate of drug-likeness (QED) is 0.814. The summed E-state index contributed by atoms with van der Waals surface area (Å²) in [6.07, 6.45) is 2.90. The van der Waals surface area contributed by atoms with E-state index >= 15 is 0 Å². The minimum atomic E-state index is -2.83. The average Bonchev–Trinajstić information content (AvgIpc) is 2.90. The van der Waals surface area contributed by atoms with Gasteiger partial charge in [0.1, 0.15) is 0 Å². The van der Waals surface area contributed by atoms with Crippen LogP contribution in [0.3, 0.4) is 0 Å². The summed E-state index contributed by atoms with van der Waals surface area (Å²) >= 11 is 3.47. The highest BCUT2D eigenvalue weighted by Gasteiger charge is 2.34. The van der Waals surface area contributed by atoms with Crippen molar-refractivity contribution in [2.45, 2.75) is 37.8 Å². The fourth-order valence-electron chi connectivity index (χ4n) is 3.57. The maximum atomic E-state index is 12.2. The van der Waals surface area contributed by atoms with E-state index in [1.807, 2.05) is 24.3 Å². The lowest BCUT2D eigenvalue weighted by Gasteiger charge is -2.35. The summed E-state index contributed by atoms with van der Waals surface area (Å²) in [6, 6.07) is 8.12. The number of likely N-dealkylation sites (tertiary alicyclic amines) is 1. The number of piperidine rings is 1. The molecule has 0 unspecified atom stereocenters. The number of carbonyl (C=O) groups excluding carboxylic acids is 1. The van der Waals surface area contributed by atoms with E-state index in [2.05, 4.69) is 26.1 Å². The normalized spacial score (nSPS) is 24.8. The van der Waals surface area contributed by atoms with Crippen molar-refractivity contribution in [3.05, 3.63) is 34.3 Å². The van der Waals surface area contributed by atoms with E-state index in [1.165, 1.54) is 0 Å². The van der Waals surface area contributed by atoms with Crippen LogP contribution < -0.4 is 5.32 Å². The molecule has 0 saturated carbocycles. The van der Waals surface area contributed by atoms with Crippen LogP contribution in [0.15, 0.2) is 28.7 Å². The van der Waals surface area contributed by atoms with Crippen LogP contribution in [0.5, 0.6) is 0 Å². The van der Waals surface area contributed by atoms with Gasteiger partial charge in [-0.15, -0.1) is 0 Å². The maximum Gasteiger partial charge on any atom is 0.224 e. The first-order chi connectivity index (χ1) is 11.4. The number of amides is 1. The Morgan fingerprint density at radius 2 is 1.92 bits per heavy atom. The van der Waals surface area contributed by atoms with Crippen LogP contribution in [-0.2, 0) is 21.1 Å². The number of nitrogens with one attached hydrogen (secondary N) is 1. The van der Waals surface area contributed by atoms with Crippen molar-refractivity contribution in [3.8, 4) is 0 Å². The zero-order valence-corrected chi connectivity index (χ0v) is 16.0. The van der Waals surface area contributed by atoms with E-state index in [0.717, 1.165) is 42.4 Å². The number of halogens is 1. The van der Waals surface area contributed by atoms with Gasteiger partial charge in [-0.1, -0.05) is 34.1 Å². The van der Waals surface area contributed by atoms with Gasteiger partial charge in [0, 0.05) is 29.6 Å². The van der Waals surface area contributed by atoms with Crippen LogP contribution >= 0.6 is 15.9 Å². The standard InChI is InChI=1S/C17H23BrN2O3S/c18-16-4-2-1-3-13(16)11-17(21)19-14-5-8-20(9-6-14)15-7-10-24(22,23)12-15/h1-4,14-15H,5-12H2,(H,19,21)/t15-/m1/s1. The van der Waals surface area contributed by atoms with Crippen molar-refractivity contribution in [3.63, 3.8) is 0 Å². The molecule has 24 heavy (non-hydrogen) atoms. The summed E-state index contributed by atoms with van der Waals surface area (Å²) in [5, 5.41) is 3.12. The van der Waals surface area contributed by atoms with Crippen molar-refractivity contribution in [2.75, 3.05) is 24.6 Å². The molecule has 2 heterocycles. The molecular formula is C17H23BrN2O3S. The number of nitrogens with zero attached hydrogens (tertiary/aromatic N) is 1. The predicted octanol–water partition coefficient (Wildman–Crippen LogP) is 1.76. The molecule has 0 spiro atoms. The third kappa shape index (κ3) is 4.58. The van der Waals surface area contributed by atoms with Gasteiger partial charge in [0.15, 0.2) is 9.84 Å². The van der Waals surface area contributed by atoms with Gasteiger partial charge in [0.25, 0.3) is 0 Å². The second kappa shape index (κ2) is 7.54. The molecule has 1 amide bonds. The Morgan fingerprint density at radius 1 is 1.21 bits per heavy atom. The minimum absolute atomic E-state index is 0.0452. The van der Waals surface area contributed by atoms with Gasteiger partial charge in [-0.05, 0) is 30.9 Å². The molecule has 2 aliphatic rings. The zero-order chi connectivity index (χ0) is 17.2. The topological polar surface area (TPSA) is 66.5 Å². The third-order valence-electron chi connectivity index (χ3n) is 4.93. The van der Waals surface area contributed by atoms with Crippen molar-refractivity contribution in [2.24, 2.45) is 0 Å². The molecule has 1 atom stereocenters. The summed E-state index contributed by atoms with van der Waals surface area (Å²) in [5.74, 6) is 0.663. The van der Waals surface area contributed by atoms with Crippen LogP contribution in [0.25, 0.3) is 0 Å². The van der Waals surface area contributed by atoms with Gasteiger partial charge in [-0.2, -0.15) is 0 Å². The van der Waals surface area contributed by atoms with Crippen molar-refractivity contribution < 1.29 is 13.2 Å². The van der Waals surface area contributed by atoms with Gasteiger partial charge in [-0.25, -0.2) is 8.42 Å². The Kier molecular flexibility index (Phi) is 5.62. The second-order valence-electron chi connectivity index (χ2n) is 6.70. The summed E-state index contributed by atoms with van der Waals surface area (Å²) < 4.78 is 24.2. The largest absolute Gasteiger partial charge is 0.353 e. The third-order valence-corrected chi connectivity index (χ3v) is 7.45. The molecule has 2 aliphatic heterocycles. The summed E-state index contributed by atoms with van der Waals surface area (Å²) in [5.41, 5.74) is 0.989. The molecule has 0 bridgehead atoms. The number of sulfone groups is 1. The molecule has 2 saturated heterocycles. The molecule has 1 aromatic carbocycles. The first-order valence-corrected chi connectivity index (χ1v) is 11.0. The van der Waals surface area contributed by atoms with Gasteiger partial charge in [0.2, 0.25) is 5.91 Å². The van der Waals surface area contributed by atoms with E-state index in [-0.39, 0.29) is 18.0 Å². The first kappa shape index (κ1) is 17.9. The number of hydrogen-bond acceptors (Lipinski definition) is 4. The van der Waals surface area contributed by atoms with Crippen LogP contribution in [-0.4, -0.2) is 55.9 Å². The molecule has 2 fully saturated rings. The first-order valence-electron chi connectivity index (χ1n) is 8.40. The van der Waals surface area contributed by atoms with Crippen LogP contribution in [0.4, 0.5) is 0 Å². The van der Waals surface area contributed by atoms with E-state index in [9.17, 15) is 13.2 Å². The minimum Gasteiger partial charge on any atom is -0.353 e. The highest BCUT2D eigenvalue weighted by atomic mass is 79.9. The Bertz CT molecular complexity index is 700. The maximum absolute atomic E-state index is 12.2. The Balaban J connectivity index is 1.45. The number of benzene rings is 1. The van der Waals surface area contributed by atoms with E-state index in [1.54, 1.807) is 0 Å². The highest BCUT2D eigenvalue weighted by Crippen LogP contribution is 2.22. The average molecular weight is 415 g/mol. The molecule has 0 radical (unpaired) electrons. The zero-order valence-electron chi connectivity index (χ0n) is 13.6. The molecule has 3 rings (SSSR count). The van der Waals surface area contributed by atoms with Gasteiger partial charge >= 0.3 is 0 Å². The molecule has 1 N–H and O–H groups in total. The predicted molar refractivity (Wildman–Crippen MR) is 97.6 cm³/mol. The monoisotopic (exact) mass is 414 g/mol. The molecule has 0 aromatic heterocycles. The molecule has 5 nitrogen and oxygen atoms in total. The van der Waals surface area contributed by atoms with Crippen LogP contribution in [0.2, 0.25) is 0 Å². The highest BCUT2D eigenvalue weighted by molar-refractivity contribution is 9.10. The molecule has 7 heteroatoms. The number of rotatable bonds is 4. The molecular weight excluding hydrogens is 392 g/mol. The summed E-state index contributed by atoms with van der Waals surface area (Å²) in [7, 11) is -2.83. The number of carbonyl (C=O) groups is 1. The van der Waals surface area contributed by atoms with Crippen molar-refractivity contribution >= 4 is 31.7 Å². The fraction of sp³-hybridized carbons (Fsp3) is 0.588. The van der Waals surface area contributed by atoms with Gasteiger partial charge in [0.05, 0.1) is 17.9 Å². The van der Waals surface area contributed by atoms with E-state index in [0.29, 0.717) is 17.9 Å². The Labute approximate surface area is 151 Å². The van der Waals surface area contributed by atoms with E-state index < -0.39 is 9.84 Å². The Hall–Kier alpha value is -0.920. The lowest BCUT2D eigenvalue weighted by atomic mass is 10.0.